The highest BCUT2D eigenvalue weighted by Gasteiger charge is 2.11. The topological polar surface area (TPSA) is 43.1 Å². The Labute approximate surface area is 148 Å². The van der Waals surface area contributed by atoms with Gasteiger partial charge in [-0.3, -0.25) is 4.21 Å². The minimum absolute atomic E-state index is 0.388. The number of aromatic nitrogens is 1. The molecule has 25 heavy (non-hydrogen) atoms. The van der Waals surface area contributed by atoms with Crippen molar-refractivity contribution in [3.05, 3.63) is 90.1 Å². The average Bonchev–Trinajstić information content (AvgIpc) is 3.11. The molecule has 4 heteroatoms. The van der Waals surface area contributed by atoms with Crippen LogP contribution >= 0.6 is 0 Å². The lowest BCUT2D eigenvalue weighted by Crippen LogP contribution is -2.00. The third kappa shape index (κ3) is 3.54. The highest BCUT2D eigenvalue weighted by Crippen LogP contribution is 2.23. The summed E-state index contributed by atoms with van der Waals surface area (Å²) in [5.74, 6) is 1.60. The standard InChI is InChI=1S/C21H17NO2S/c23-25(14-18-11-6-10-16-7-4-5-12-20(16)18)15-19-13-21(24-22-19)17-8-2-1-3-9-17/h1-13H,14-15H2/t25-/m0/s1. The van der Waals surface area contributed by atoms with E-state index in [1.54, 1.807) is 0 Å². The minimum Gasteiger partial charge on any atom is -0.356 e. The van der Waals surface area contributed by atoms with Gasteiger partial charge in [0.1, 0.15) is 0 Å². The average molecular weight is 347 g/mol. The first-order chi connectivity index (χ1) is 12.3. The van der Waals surface area contributed by atoms with E-state index in [1.165, 1.54) is 5.39 Å². The summed E-state index contributed by atoms with van der Waals surface area (Å²) in [4.78, 5) is 0. The Bertz CT molecular complexity index is 1020. The molecule has 4 aromatic rings. The molecule has 0 saturated heterocycles. The van der Waals surface area contributed by atoms with Crippen LogP contribution in [0.15, 0.2) is 83.4 Å². The van der Waals surface area contributed by atoms with Crippen LogP contribution in [0, 0.1) is 0 Å². The van der Waals surface area contributed by atoms with Crippen LogP contribution in [-0.2, 0) is 22.3 Å². The van der Waals surface area contributed by atoms with Crippen LogP contribution in [0.25, 0.3) is 22.1 Å². The predicted octanol–water partition coefficient (Wildman–Crippen LogP) is 4.94. The van der Waals surface area contributed by atoms with E-state index < -0.39 is 10.8 Å². The molecule has 0 N–H and O–H groups in total. The van der Waals surface area contributed by atoms with Crippen LogP contribution in [0.3, 0.4) is 0 Å². The summed E-state index contributed by atoms with van der Waals surface area (Å²) in [5.41, 5.74) is 2.79. The fourth-order valence-electron chi connectivity index (χ4n) is 2.93. The first-order valence-corrected chi connectivity index (χ1v) is 9.61. The summed E-state index contributed by atoms with van der Waals surface area (Å²) in [6, 6.07) is 26.0. The van der Waals surface area contributed by atoms with E-state index in [0.717, 1.165) is 22.2 Å². The number of hydrogen-bond donors (Lipinski definition) is 0. The van der Waals surface area contributed by atoms with Crippen LogP contribution in [-0.4, -0.2) is 9.37 Å². The number of fused-ring (bicyclic) bond motifs is 1. The van der Waals surface area contributed by atoms with Gasteiger partial charge in [-0.1, -0.05) is 78.0 Å². The molecule has 1 aromatic heterocycles. The van der Waals surface area contributed by atoms with Gasteiger partial charge in [0.25, 0.3) is 0 Å². The van der Waals surface area contributed by atoms with Crippen molar-refractivity contribution in [2.45, 2.75) is 11.5 Å². The number of rotatable bonds is 5. The van der Waals surface area contributed by atoms with Crippen molar-refractivity contribution in [3.63, 3.8) is 0 Å². The van der Waals surface area contributed by atoms with E-state index in [4.69, 9.17) is 4.52 Å². The van der Waals surface area contributed by atoms with Gasteiger partial charge >= 0.3 is 0 Å². The molecular weight excluding hydrogens is 330 g/mol. The monoisotopic (exact) mass is 347 g/mol. The van der Waals surface area contributed by atoms with Gasteiger partial charge in [-0.05, 0) is 16.3 Å². The number of hydrogen-bond acceptors (Lipinski definition) is 3. The Hall–Kier alpha value is -2.72. The lowest BCUT2D eigenvalue weighted by atomic mass is 10.1. The van der Waals surface area contributed by atoms with Crippen LogP contribution < -0.4 is 0 Å². The van der Waals surface area contributed by atoms with Gasteiger partial charge in [0, 0.05) is 28.2 Å². The van der Waals surface area contributed by atoms with Gasteiger partial charge in [0.05, 0.1) is 11.4 Å². The molecule has 0 aliphatic carbocycles. The maximum absolute atomic E-state index is 12.6. The van der Waals surface area contributed by atoms with E-state index in [2.05, 4.69) is 23.4 Å². The molecule has 0 saturated carbocycles. The quantitative estimate of drug-likeness (QED) is 0.513. The smallest absolute Gasteiger partial charge is 0.167 e. The van der Waals surface area contributed by atoms with E-state index in [-0.39, 0.29) is 0 Å². The van der Waals surface area contributed by atoms with E-state index in [1.807, 2.05) is 60.7 Å². The molecule has 0 spiro atoms. The summed E-state index contributed by atoms with van der Waals surface area (Å²) in [5, 5.41) is 6.40. The molecule has 0 fully saturated rings. The Balaban J connectivity index is 1.50. The van der Waals surface area contributed by atoms with Gasteiger partial charge in [-0.25, -0.2) is 0 Å². The van der Waals surface area contributed by atoms with Crippen LogP contribution in [0.5, 0.6) is 0 Å². The highest BCUT2D eigenvalue weighted by molar-refractivity contribution is 7.83. The Morgan fingerprint density at radius 1 is 0.840 bits per heavy atom. The van der Waals surface area contributed by atoms with E-state index in [0.29, 0.717) is 17.3 Å². The highest BCUT2D eigenvalue weighted by atomic mass is 32.2. The summed E-state index contributed by atoms with van der Waals surface area (Å²) in [6.45, 7) is 0. The molecule has 4 rings (SSSR count). The zero-order valence-corrected chi connectivity index (χ0v) is 14.4. The molecule has 0 unspecified atom stereocenters. The van der Waals surface area contributed by atoms with Gasteiger partial charge in [0.15, 0.2) is 5.76 Å². The molecule has 3 nitrogen and oxygen atoms in total. The van der Waals surface area contributed by atoms with Crippen molar-refractivity contribution in [1.29, 1.82) is 0 Å². The van der Waals surface area contributed by atoms with Crippen molar-refractivity contribution in [2.75, 3.05) is 0 Å². The fraction of sp³-hybridized carbons (Fsp3) is 0.0952. The lowest BCUT2D eigenvalue weighted by Gasteiger charge is -2.05. The third-order valence-electron chi connectivity index (χ3n) is 4.12. The maximum Gasteiger partial charge on any atom is 0.167 e. The van der Waals surface area contributed by atoms with Crippen molar-refractivity contribution < 1.29 is 8.73 Å². The van der Waals surface area contributed by atoms with Gasteiger partial charge < -0.3 is 4.52 Å². The molecular formula is C21H17NO2S. The molecule has 1 heterocycles. The summed E-state index contributed by atoms with van der Waals surface area (Å²) in [6.07, 6.45) is 0. The first kappa shape index (κ1) is 15.8. The number of benzene rings is 3. The lowest BCUT2D eigenvalue weighted by molar-refractivity contribution is 0.426. The molecule has 124 valence electrons. The van der Waals surface area contributed by atoms with Gasteiger partial charge in [0.2, 0.25) is 0 Å². The van der Waals surface area contributed by atoms with E-state index in [9.17, 15) is 4.21 Å². The number of nitrogens with zero attached hydrogens (tertiary/aromatic N) is 1. The van der Waals surface area contributed by atoms with Crippen molar-refractivity contribution >= 4 is 21.6 Å². The Morgan fingerprint density at radius 2 is 1.60 bits per heavy atom. The largest absolute Gasteiger partial charge is 0.356 e. The van der Waals surface area contributed by atoms with Crippen LogP contribution in [0.2, 0.25) is 0 Å². The summed E-state index contributed by atoms with van der Waals surface area (Å²) < 4.78 is 18.0. The minimum atomic E-state index is -1.04. The molecule has 3 aromatic carbocycles. The summed E-state index contributed by atoms with van der Waals surface area (Å²) >= 11 is 0. The second kappa shape index (κ2) is 7.03. The zero-order chi connectivity index (χ0) is 17.1. The molecule has 0 aliphatic rings. The fourth-order valence-corrected chi connectivity index (χ4v) is 4.09. The molecule has 0 amide bonds. The third-order valence-corrected chi connectivity index (χ3v) is 5.37. The second-order valence-electron chi connectivity index (χ2n) is 5.92. The van der Waals surface area contributed by atoms with Gasteiger partial charge in [-0.2, -0.15) is 0 Å². The summed E-state index contributed by atoms with van der Waals surface area (Å²) in [7, 11) is -1.04. The Kier molecular flexibility index (Phi) is 4.44. The molecule has 1 atom stereocenters. The molecule has 0 bridgehead atoms. The molecule has 0 aliphatic heterocycles. The van der Waals surface area contributed by atoms with Crippen molar-refractivity contribution in [1.82, 2.24) is 5.16 Å². The predicted molar refractivity (Wildman–Crippen MR) is 101 cm³/mol. The SMILES string of the molecule is O=[S@](Cc1cc(-c2ccccc2)on1)Cc1cccc2ccccc12. The molecule has 0 radical (unpaired) electrons. The first-order valence-electron chi connectivity index (χ1n) is 8.12. The zero-order valence-electron chi connectivity index (χ0n) is 13.6. The van der Waals surface area contributed by atoms with Crippen LogP contribution in [0.1, 0.15) is 11.3 Å². The second-order valence-corrected chi connectivity index (χ2v) is 7.37. The van der Waals surface area contributed by atoms with Crippen molar-refractivity contribution in [3.8, 4) is 11.3 Å². The van der Waals surface area contributed by atoms with Crippen molar-refractivity contribution in [2.24, 2.45) is 0 Å². The van der Waals surface area contributed by atoms with E-state index >= 15 is 0 Å². The van der Waals surface area contributed by atoms with Gasteiger partial charge in [-0.15, -0.1) is 0 Å². The maximum atomic E-state index is 12.6. The van der Waals surface area contributed by atoms with Crippen LogP contribution in [0.4, 0.5) is 0 Å². The Morgan fingerprint density at radius 3 is 2.48 bits per heavy atom. The normalized spacial score (nSPS) is 12.3.